The van der Waals surface area contributed by atoms with Gasteiger partial charge in [0.2, 0.25) is 0 Å². The highest BCUT2D eigenvalue weighted by Gasteiger charge is 2.52. The van der Waals surface area contributed by atoms with Gasteiger partial charge in [-0.2, -0.15) is 0 Å². The third-order valence-corrected chi connectivity index (χ3v) is 5.42. The zero-order valence-corrected chi connectivity index (χ0v) is 17.0. The van der Waals surface area contributed by atoms with Gasteiger partial charge >= 0.3 is 0 Å². The minimum atomic E-state index is -1.03. The van der Waals surface area contributed by atoms with Crippen molar-refractivity contribution in [3.8, 4) is 5.75 Å². The fourth-order valence-electron chi connectivity index (χ4n) is 3.86. The maximum absolute atomic E-state index is 11.6. The average Bonchev–Trinajstić information content (AvgIpc) is 2.97. The van der Waals surface area contributed by atoms with Crippen LogP contribution in [-0.2, 0) is 5.72 Å². The van der Waals surface area contributed by atoms with E-state index in [0.717, 1.165) is 42.8 Å². The second kappa shape index (κ2) is 7.59. The van der Waals surface area contributed by atoms with Crippen LogP contribution in [-0.4, -0.2) is 35.7 Å². The fraction of sp³-hybridized carbons (Fsp3) is 0.350. The van der Waals surface area contributed by atoms with E-state index < -0.39 is 5.72 Å². The summed E-state index contributed by atoms with van der Waals surface area (Å²) in [5.41, 5.74) is 0.931. The van der Waals surface area contributed by atoms with Gasteiger partial charge in [-0.1, -0.05) is 23.7 Å². The molecule has 0 spiro atoms. The molecule has 4 rings (SSSR count). The number of ether oxygens (including phenoxy) is 1. The Balaban J connectivity index is 0.00000196. The quantitative estimate of drug-likeness (QED) is 0.715. The molecule has 0 amide bonds. The number of hydrogen-bond donors (Lipinski definition) is 1. The molecule has 2 aliphatic heterocycles. The Morgan fingerprint density at radius 1 is 1.08 bits per heavy atom. The van der Waals surface area contributed by atoms with Gasteiger partial charge in [0.25, 0.3) is 11.6 Å². The molecule has 0 aliphatic carbocycles. The van der Waals surface area contributed by atoms with Crippen molar-refractivity contribution in [3.63, 3.8) is 0 Å². The van der Waals surface area contributed by atoms with Gasteiger partial charge in [0.15, 0.2) is 6.54 Å². The van der Waals surface area contributed by atoms with E-state index in [9.17, 15) is 5.11 Å². The largest absolute Gasteiger partial charge is 1.00 e. The Hall–Kier alpha value is -1.56. The van der Waals surface area contributed by atoms with Crippen LogP contribution in [0.5, 0.6) is 5.75 Å². The van der Waals surface area contributed by atoms with Crippen molar-refractivity contribution in [1.82, 2.24) is 0 Å². The number of β-amino-alcohol motifs (C(OH)–C–C–N with tert-alkyl or cyclic N) is 1. The van der Waals surface area contributed by atoms with Crippen LogP contribution in [0, 0.1) is 0 Å². The maximum atomic E-state index is 11.6. The van der Waals surface area contributed by atoms with Crippen LogP contribution in [0.3, 0.4) is 0 Å². The van der Waals surface area contributed by atoms with E-state index in [4.69, 9.17) is 16.3 Å². The van der Waals surface area contributed by atoms with Crippen LogP contribution < -0.4 is 26.6 Å². The molecule has 1 N–H and O–H groups in total. The Morgan fingerprint density at radius 3 is 2.42 bits per heavy atom. The zero-order valence-electron chi connectivity index (χ0n) is 14.7. The van der Waals surface area contributed by atoms with Crippen molar-refractivity contribution >= 4 is 23.1 Å². The molecule has 6 heteroatoms. The zero-order chi connectivity index (χ0) is 17.4. The minimum absolute atomic E-state index is 0. The van der Waals surface area contributed by atoms with Crippen molar-refractivity contribution < 1.29 is 31.4 Å². The maximum Gasteiger partial charge on any atom is 0.271 e. The first-order chi connectivity index (χ1) is 12.1. The third kappa shape index (κ3) is 3.24. The summed E-state index contributed by atoms with van der Waals surface area (Å²) in [6, 6.07) is 15.5. The summed E-state index contributed by atoms with van der Waals surface area (Å²) in [6.07, 6.45) is 3.22. The van der Waals surface area contributed by atoms with E-state index in [1.54, 1.807) is 7.11 Å². The molecule has 1 unspecified atom stereocenters. The van der Waals surface area contributed by atoms with Gasteiger partial charge in [-0.25, -0.2) is 9.48 Å². The molecule has 2 heterocycles. The van der Waals surface area contributed by atoms with Gasteiger partial charge in [-0.05, 0) is 49.2 Å². The lowest BCUT2D eigenvalue weighted by Gasteiger charge is -2.24. The summed E-state index contributed by atoms with van der Waals surface area (Å²) in [5, 5.41) is 12.3. The molecule has 2 aromatic rings. The number of aliphatic hydroxyl groups is 1. The fourth-order valence-corrected chi connectivity index (χ4v) is 3.99. The highest BCUT2D eigenvalue weighted by molar-refractivity contribution is 6.30. The number of halogens is 2. The Morgan fingerprint density at radius 2 is 1.77 bits per heavy atom. The smallest absolute Gasteiger partial charge is 0.271 e. The van der Waals surface area contributed by atoms with E-state index in [0.29, 0.717) is 11.6 Å². The topological polar surface area (TPSA) is 35.7 Å². The second-order valence-corrected chi connectivity index (χ2v) is 7.07. The lowest BCUT2D eigenvalue weighted by Crippen LogP contribution is -3.00. The second-order valence-electron chi connectivity index (χ2n) is 6.63. The van der Waals surface area contributed by atoms with Crippen molar-refractivity contribution in [2.24, 2.45) is 0 Å². The number of rotatable bonds is 3. The summed E-state index contributed by atoms with van der Waals surface area (Å²) in [6.45, 7) is 1.37. The van der Waals surface area contributed by atoms with Crippen molar-refractivity contribution in [1.29, 1.82) is 0 Å². The van der Waals surface area contributed by atoms with Gasteiger partial charge in [-0.3, -0.25) is 0 Å². The molecule has 2 aliphatic rings. The predicted molar refractivity (Wildman–Crippen MR) is 99.7 cm³/mol. The van der Waals surface area contributed by atoms with Gasteiger partial charge in [0.05, 0.1) is 13.7 Å². The monoisotopic (exact) mass is 436 g/mol. The van der Waals surface area contributed by atoms with Crippen LogP contribution in [0.25, 0.3) is 0 Å². The van der Waals surface area contributed by atoms with E-state index >= 15 is 0 Å². The number of amidine groups is 1. The van der Waals surface area contributed by atoms with Gasteiger partial charge < -0.3 is 26.8 Å². The summed E-state index contributed by atoms with van der Waals surface area (Å²) in [5.74, 6) is 2.02. The molecule has 0 saturated heterocycles. The van der Waals surface area contributed by atoms with E-state index in [2.05, 4.69) is 9.48 Å². The number of methoxy groups -OCH3 is 1. The van der Waals surface area contributed by atoms with Gasteiger partial charge in [-0.15, -0.1) is 0 Å². The molecule has 2 aromatic carbocycles. The molecular weight excluding hydrogens is 416 g/mol. The minimum Gasteiger partial charge on any atom is -1.00 e. The molecule has 1 atom stereocenters. The van der Waals surface area contributed by atoms with Crippen LogP contribution in [0.2, 0.25) is 5.02 Å². The Labute approximate surface area is 169 Å². The van der Waals surface area contributed by atoms with Gasteiger partial charge in [0, 0.05) is 17.0 Å². The van der Waals surface area contributed by atoms with Crippen molar-refractivity contribution in [2.75, 3.05) is 25.1 Å². The third-order valence-electron chi connectivity index (χ3n) is 5.17. The average molecular weight is 438 g/mol. The lowest BCUT2D eigenvalue weighted by molar-refractivity contribution is -0.661. The summed E-state index contributed by atoms with van der Waals surface area (Å²) in [4.78, 5) is 2.23. The number of benzene rings is 2. The molecule has 4 nitrogen and oxygen atoms in total. The van der Waals surface area contributed by atoms with Crippen LogP contribution in [0.1, 0.15) is 24.8 Å². The van der Waals surface area contributed by atoms with Crippen LogP contribution in [0.4, 0.5) is 5.69 Å². The summed E-state index contributed by atoms with van der Waals surface area (Å²) < 4.78 is 7.42. The van der Waals surface area contributed by atoms with Crippen LogP contribution in [0.15, 0.2) is 48.5 Å². The normalized spacial score (nSPS) is 22.0. The van der Waals surface area contributed by atoms with E-state index in [1.807, 2.05) is 48.5 Å². The molecule has 0 fully saturated rings. The Bertz CT molecular complexity index is 808. The molecule has 0 radical (unpaired) electrons. The van der Waals surface area contributed by atoms with Crippen molar-refractivity contribution in [2.45, 2.75) is 25.0 Å². The summed E-state index contributed by atoms with van der Waals surface area (Å²) in [7, 11) is 1.67. The molecule has 0 aromatic heterocycles. The van der Waals surface area contributed by atoms with Crippen molar-refractivity contribution in [3.05, 3.63) is 59.1 Å². The van der Waals surface area contributed by atoms with Crippen LogP contribution >= 0.6 is 11.6 Å². The van der Waals surface area contributed by atoms with Gasteiger partial charge in [0.1, 0.15) is 11.4 Å². The Kier molecular flexibility index (Phi) is 5.61. The molecule has 0 bridgehead atoms. The first-order valence-electron chi connectivity index (χ1n) is 8.65. The van der Waals surface area contributed by atoms with E-state index in [1.165, 1.54) is 5.84 Å². The molecular formula is C20H22BrClN2O2. The lowest BCUT2D eigenvalue weighted by atomic mass is 10.0. The highest BCUT2D eigenvalue weighted by atomic mass is 79.9. The summed E-state index contributed by atoms with van der Waals surface area (Å²) >= 11 is 6.03. The first-order valence-corrected chi connectivity index (χ1v) is 9.03. The van der Waals surface area contributed by atoms with E-state index in [-0.39, 0.29) is 17.0 Å². The molecule has 0 saturated carbocycles. The molecule has 138 valence electrons. The molecule has 26 heavy (non-hydrogen) atoms. The SMILES string of the molecule is COc1ccc(N2CC(O)(c3ccc(Cl)cc3)[N+]3=C2CCCC3)cc1.[Br-]. The predicted octanol–water partition coefficient (Wildman–Crippen LogP) is 0.613. The standard InChI is InChI=1S/C20H22ClN2O2.BrH/c1-25-18-11-9-17(10-12-18)22-14-20(24,15-5-7-16(21)8-6-15)23-13-3-2-4-19(22)23;/h5-12,24H,2-4,13-14H2,1H3;1H/q+1;/p-1. The first kappa shape index (κ1) is 19.2. The number of nitrogens with zero attached hydrogens (tertiary/aromatic N) is 2. The highest BCUT2D eigenvalue weighted by Crippen LogP contribution is 2.36. The number of anilines is 1. The number of hydrogen-bond acceptors (Lipinski definition) is 3.